The third-order valence-electron chi connectivity index (χ3n) is 2.30. The highest BCUT2D eigenvalue weighted by atomic mass is 28.3. The fraction of sp³-hybridized carbons (Fsp3) is 0.778. The van der Waals surface area contributed by atoms with Crippen molar-refractivity contribution >= 4 is 8.24 Å². The monoisotopic (exact) mass is 171 g/mol. The molecule has 2 heteroatoms. The minimum atomic E-state index is -1.17. The summed E-state index contributed by atoms with van der Waals surface area (Å²) < 4.78 is 2.41. The summed E-state index contributed by atoms with van der Waals surface area (Å²) >= 11 is 0. The second-order valence-corrected chi connectivity index (χ2v) is 7.94. The van der Waals surface area contributed by atoms with Crippen molar-refractivity contribution in [1.82, 2.24) is 4.57 Å². The second kappa shape index (κ2) is 4.73. The van der Waals surface area contributed by atoms with E-state index >= 15 is 0 Å². The molecule has 66 valence electrons. The van der Waals surface area contributed by atoms with Crippen molar-refractivity contribution in [2.75, 3.05) is 14.1 Å². The SMILES string of the molecule is CC=C[Si](C)(CCC)N(C)C. The number of allylic oxidation sites excluding steroid dienone is 1. The molecule has 1 atom stereocenters. The van der Waals surface area contributed by atoms with Crippen LogP contribution in [0.25, 0.3) is 0 Å². The van der Waals surface area contributed by atoms with E-state index in [-0.39, 0.29) is 0 Å². The van der Waals surface area contributed by atoms with Gasteiger partial charge in [-0.2, -0.15) is 0 Å². The van der Waals surface area contributed by atoms with Gasteiger partial charge in [-0.15, -0.1) is 0 Å². The van der Waals surface area contributed by atoms with Crippen LogP contribution in [0.15, 0.2) is 11.8 Å². The molecule has 0 saturated carbocycles. The summed E-state index contributed by atoms with van der Waals surface area (Å²) in [5.41, 5.74) is 2.41. The molecular weight excluding hydrogens is 150 g/mol. The molecule has 0 spiro atoms. The van der Waals surface area contributed by atoms with E-state index in [1.54, 1.807) is 0 Å². The molecular formula is C9H21NSi. The van der Waals surface area contributed by atoms with Crippen molar-refractivity contribution in [2.24, 2.45) is 0 Å². The lowest BCUT2D eigenvalue weighted by Gasteiger charge is -2.30. The highest BCUT2D eigenvalue weighted by molar-refractivity contribution is 6.80. The molecule has 0 saturated heterocycles. The molecule has 0 aromatic heterocycles. The van der Waals surface area contributed by atoms with Crippen molar-refractivity contribution in [3.8, 4) is 0 Å². The predicted octanol–water partition coefficient (Wildman–Crippen LogP) is 2.65. The maximum absolute atomic E-state index is 2.41. The lowest BCUT2D eigenvalue weighted by molar-refractivity contribution is 0.619. The third kappa shape index (κ3) is 3.21. The minimum absolute atomic E-state index is 1.17. The molecule has 0 bridgehead atoms. The number of nitrogens with zero attached hydrogens (tertiary/aromatic N) is 1. The summed E-state index contributed by atoms with van der Waals surface area (Å²) in [4.78, 5) is 0. The van der Waals surface area contributed by atoms with Gasteiger partial charge in [0.25, 0.3) is 0 Å². The quantitative estimate of drug-likeness (QED) is 0.588. The van der Waals surface area contributed by atoms with Crippen LogP contribution in [0.5, 0.6) is 0 Å². The maximum atomic E-state index is 2.41. The van der Waals surface area contributed by atoms with Crippen LogP contribution in [0.1, 0.15) is 20.3 Å². The molecule has 0 aromatic rings. The lowest BCUT2D eigenvalue weighted by Crippen LogP contribution is -2.44. The molecule has 11 heavy (non-hydrogen) atoms. The van der Waals surface area contributed by atoms with Crippen molar-refractivity contribution in [3.63, 3.8) is 0 Å². The van der Waals surface area contributed by atoms with Crippen LogP contribution in [0, 0.1) is 0 Å². The summed E-state index contributed by atoms with van der Waals surface area (Å²) in [6.45, 7) is 6.79. The van der Waals surface area contributed by atoms with E-state index in [4.69, 9.17) is 0 Å². The second-order valence-electron chi connectivity index (χ2n) is 3.50. The predicted molar refractivity (Wildman–Crippen MR) is 55.2 cm³/mol. The number of hydrogen-bond acceptors (Lipinski definition) is 1. The zero-order valence-corrected chi connectivity index (χ0v) is 9.52. The highest BCUT2D eigenvalue weighted by Crippen LogP contribution is 2.15. The summed E-state index contributed by atoms with van der Waals surface area (Å²) in [7, 11) is 3.22. The van der Waals surface area contributed by atoms with Gasteiger partial charge in [-0.3, -0.25) is 0 Å². The van der Waals surface area contributed by atoms with Gasteiger partial charge < -0.3 is 4.57 Å². The Kier molecular flexibility index (Phi) is 4.69. The highest BCUT2D eigenvalue weighted by Gasteiger charge is 2.24. The van der Waals surface area contributed by atoms with Gasteiger partial charge in [0.2, 0.25) is 0 Å². The Balaban J connectivity index is 4.25. The van der Waals surface area contributed by atoms with Crippen LogP contribution in [0.2, 0.25) is 12.6 Å². The third-order valence-corrected chi connectivity index (χ3v) is 6.91. The maximum Gasteiger partial charge on any atom is 0.149 e. The molecule has 0 amide bonds. The Morgan fingerprint density at radius 1 is 1.36 bits per heavy atom. The van der Waals surface area contributed by atoms with E-state index in [9.17, 15) is 0 Å². The molecule has 0 radical (unpaired) electrons. The van der Waals surface area contributed by atoms with Gasteiger partial charge >= 0.3 is 0 Å². The first-order valence-corrected chi connectivity index (χ1v) is 7.11. The molecule has 0 heterocycles. The standard InChI is InChI=1S/C9H21NSi/c1-6-8-11(5,9-7-2)10(3)4/h6,8H,7,9H2,1-5H3. The van der Waals surface area contributed by atoms with Gasteiger partial charge in [-0.25, -0.2) is 0 Å². The number of rotatable bonds is 4. The van der Waals surface area contributed by atoms with Crippen LogP contribution < -0.4 is 0 Å². The summed E-state index contributed by atoms with van der Waals surface area (Å²) in [5, 5.41) is 0. The lowest BCUT2D eigenvalue weighted by atomic mass is 10.6. The van der Waals surface area contributed by atoms with E-state index in [2.05, 4.69) is 50.8 Å². The zero-order chi connectivity index (χ0) is 8.91. The smallest absolute Gasteiger partial charge is 0.149 e. The Hall–Kier alpha value is -0.0831. The zero-order valence-electron chi connectivity index (χ0n) is 8.52. The van der Waals surface area contributed by atoms with E-state index in [0.29, 0.717) is 0 Å². The normalized spacial score (nSPS) is 17.6. The van der Waals surface area contributed by atoms with Gasteiger partial charge in [0, 0.05) is 0 Å². The first-order valence-electron chi connectivity index (χ1n) is 4.38. The average Bonchev–Trinajstić information content (AvgIpc) is 1.88. The van der Waals surface area contributed by atoms with E-state index < -0.39 is 8.24 Å². The first kappa shape index (κ1) is 10.9. The van der Waals surface area contributed by atoms with Crippen molar-refractivity contribution in [3.05, 3.63) is 11.8 Å². The molecule has 0 aromatic carbocycles. The van der Waals surface area contributed by atoms with E-state index in [1.165, 1.54) is 12.5 Å². The molecule has 0 N–H and O–H groups in total. The van der Waals surface area contributed by atoms with Gasteiger partial charge in [0.15, 0.2) is 0 Å². The molecule has 0 fully saturated rings. The van der Waals surface area contributed by atoms with Crippen LogP contribution in [0.3, 0.4) is 0 Å². The van der Waals surface area contributed by atoms with Gasteiger partial charge in [-0.05, 0) is 27.1 Å². The summed E-state index contributed by atoms with van der Waals surface area (Å²) in [6, 6.07) is 1.37. The molecule has 0 aliphatic heterocycles. The molecule has 0 aliphatic rings. The molecule has 0 rings (SSSR count). The summed E-state index contributed by atoms with van der Waals surface area (Å²) in [6.07, 6.45) is 3.49. The molecule has 0 aliphatic carbocycles. The van der Waals surface area contributed by atoms with E-state index in [0.717, 1.165) is 0 Å². The first-order chi connectivity index (χ1) is 5.06. The average molecular weight is 171 g/mol. The Bertz CT molecular complexity index is 132. The molecule has 1 unspecified atom stereocenters. The fourth-order valence-electron chi connectivity index (χ4n) is 1.32. The Morgan fingerprint density at radius 2 is 1.91 bits per heavy atom. The van der Waals surface area contributed by atoms with Crippen LogP contribution in [-0.4, -0.2) is 26.9 Å². The van der Waals surface area contributed by atoms with E-state index in [1.807, 2.05) is 0 Å². The van der Waals surface area contributed by atoms with Crippen molar-refractivity contribution < 1.29 is 0 Å². The molecule has 1 nitrogen and oxygen atoms in total. The van der Waals surface area contributed by atoms with Gasteiger partial charge in [-0.1, -0.05) is 31.7 Å². The van der Waals surface area contributed by atoms with Crippen LogP contribution in [0.4, 0.5) is 0 Å². The van der Waals surface area contributed by atoms with Crippen LogP contribution >= 0.6 is 0 Å². The van der Waals surface area contributed by atoms with Gasteiger partial charge in [0.1, 0.15) is 8.24 Å². The topological polar surface area (TPSA) is 3.24 Å². The minimum Gasteiger partial charge on any atom is -0.326 e. The largest absolute Gasteiger partial charge is 0.326 e. The van der Waals surface area contributed by atoms with Crippen LogP contribution in [-0.2, 0) is 0 Å². The fourth-order valence-corrected chi connectivity index (χ4v) is 3.96. The number of hydrogen-bond donors (Lipinski definition) is 0. The van der Waals surface area contributed by atoms with Crippen molar-refractivity contribution in [2.45, 2.75) is 32.9 Å². The Morgan fingerprint density at radius 3 is 2.18 bits per heavy atom. The van der Waals surface area contributed by atoms with Crippen molar-refractivity contribution in [1.29, 1.82) is 0 Å². The van der Waals surface area contributed by atoms with Gasteiger partial charge in [0.05, 0.1) is 0 Å². The Labute approximate surface area is 72.2 Å². The summed E-state index contributed by atoms with van der Waals surface area (Å²) in [5.74, 6) is 0.